The van der Waals surface area contributed by atoms with E-state index in [9.17, 15) is 4.79 Å². The summed E-state index contributed by atoms with van der Waals surface area (Å²) in [6.07, 6.45) is 5.06. The Kier molecular flexibility index (Phi) is 4.00. The van der Waals surface area contributed by atoms with Gasteiger partial charge in [-0.25, -0.2) is 0 Å². The van der Waals surface area contributed by atoms with Gasteiger partial charge in [-0.2, -0.15) is 4.98 Å². The number of nitrogens with zero attached hydrogens (tertiary/aromatic N) is 3. The Morgan fingerprint density at radius 2 is 2.10 bits per heavy atom. The quantitative estimate of drug-likeness (QED) is 0.873. The van der Waals surface area contributed by atoms with Crippen molar-refractivity contribution in [2.24, 2.45) is 0 Å². The fourth-order valence-electron chi connectivity index (χ4n) is 2.80. The standard InChI is InChI=1S/C14H22N4O2/c1-10(19)18(12-4-7-15-8-5-12)9-6-13-16-14(20-17-13)11-2-3-11/h11-12,15H,2-9H2,1H3. The molecule has 1 saturated heterocycles. The van der Waals surface area contributed by atoms with E-state index in [1.54, 1.807) is 6.92 Å². The summed E-state index contributed by atoms with van der Waals surface area (Å²) in [4.78, 5) is 18.2. The van der Waals surface area contributed by atoms with Gasteiger partial charge in [-0.3, -0.25) is 4.79 Å². The van der Waals surface area contributed by atoms with E-state index in [1.165, 1.54) is 0 Å². The molecule has 1 N–H and O–H groups in total. The van der Waals surface area contributed by atoms with Crippen LogP contribution < -0.4 is 5.32 Å². The average molecular weight is 278 g/mol. The summed E-state index contributed by atoms with van der Waals surface area (Å²) in [5, 5.41) is 7.34. The molecule has 0 unspecified atom stereocenters. The second-order valence-corrected chi connectivity index (χ2v) is 5.77. The molecular weight excluding hydrogens is 256 g/mol. The van der Waals surface area contributed by atoms with E-state index < -0.39 is 0 Å². The van der Waals surface area contributed by atoms with Crippen LogP contribution in [0.15, 0.2) is 4.52 Å². The third kappa shape index (κ3) is 3.17. The molecule has 1 aromatic rings. The molecule has 1 saturated carbocycles. The lowest BCUT2D eigenvalue weighted by Crippen LogP contribution is -2.46. The van der Waals surface area contributed by atoms with Crippen LogP contribution in [0.4, 0.5) is 0 Å². The van der Waals surface area contributed by atoms with Gasteiger partial charge in [0.25, 0.3) is 0 Å². The molecule has 6 nitrogen and oxygen atoms in total. The number of hydrogen-bond donors (Lipinski definition) is 1. The van der Waals surface area contributed by atoms with Crippen LogP contribution in [0.3, 0.4) is 0 Å². The minimum absolute atomic E-state index is 0.141. The molecule has 20 heavy (non-hydrogen) atoms. The predicted molar refractivity (Wildman–Crippen MR) is 73.3 cm³/mol. The number of carbonyl (C=O) groups excluding carboxylic acids is 1. The van der Waals surface area contributed by atoms with Crippen LogP contribution >= 0.6 is 0 Å². The molecule has 2 aliphatic rings. The lowest BCUT2D eigenvalue weighted by molar-refractivity contribution is -0.131. The van der Waals surface area contributed by atoms with Crippen molar-refractivity contribution in [3.63, 3.8) is 0 Å². The van der Waals surface area contributed by atoms with Crippen LogP contribution in [0, 0.1) is 0 Å². The number of amides is 1. The van der Waals surface area contributed by atoms with E-state index >= 15 is 0 Å². The molecule has 0 spiro atoms. The molecule has 1 aliphatic carbocycles. The summed E-state index contributed by atoms with van der Waals surface area (Å²) < 4.78 is 5.25. The highest BCUT2D eigenvalue weighted by atomic mass is 16.5. The van der Waals surface area contributed by atoms with Gasteiger partial charge in [-0.05, 0) is 38.8 Å². The maximum atomic E-state index is 11.8. The Labute approximate surface area is 118 Å². The molecule has 0 atom stereocenters. The third-order valence-corrected chi connectivity index (χ3v) is 4.14. The number of aromatic nitrogens is 2. The van der Waals surface area contributed by atoms with Crippen molar-refractivity contribution in [3.8, 4) is 0 Å². The van der Waals surface area contributed by atoms with E-state index in [1.807, 2.05) is 4.90 Å². The highest BCUT2D eigenvalue weighted by Crippen LogP contribution is 2.38. The van der Waals surface area contributed by atoms with E-state index in [4.69, 9.17) is 4.52 Å². The lowest BCUT2D eigenvalue weighted by atomic mass is 10.0. The van der Waals surface area contributed by atoms with Gasteiger partial charge in [0.2, 0.25) is 11.8 Å². The fourth-order valence-corrected chi connectivity index (χ4v) is 2.80. The maximum Gasteiger partial charge on any atom is 0.229 e. The number of carbonyl (C=O) groups is 1. The first kappa shape index (κ1) is 13.5. The van der Waals surface area contributed by atoms with Crippen LogP contribution in [0.1, 0.15) is 50.2 Å². The topological polar surface area (TPSA) is 71.3 Å². The second kappa shape index (κ2) is 5.91. The van der Waals surface area contributed by atoms with Gasteiger partial charge in [0.05, 0.1) is 0 Å². The van der Waals surface area contributed by atoms with Gasteiger partial charge in [0, 0.05) is 31.8 Å². The SMILES string of the molecule is CC(=O)N(CCc1noc(C2CC2)n1)C1CCNCC1. The van der Waals surface area contributed by atoms with E-state index in [0.717, 1.165) is 50.5 Å². The summed E-state index contributed by atoms with van der Waals surface area (Å²) in [7, 11) is 0. The first-order chi connectivity index (χ1) is 9.74. The van der Waals surface area contributed by atoms with E-state index in [-0.39, 0.29) is 5.91 Å². The zero-order chi connectivity index (χ0) is 13.9. The predicted octanol–water partition coefficient (Wildman–Crippen LogP) is 1.09. The summed E-state index contributed by atoms with van der Waals surface area (Å²) in [6.45, 7) is 4.31. The van der Waals surface area contributed by atoms with Crippen molar-refractivity contribution in [2.45, 2.75) is 51.0 Å². The van der Waals surface area contributed by atoms with Crippen molar-refractivity contribution < 1.29 is 9.32 Å². The van der Waals surface area contributed by atoms with Crippen molar-refractivity contribution in [1.82, 2.24) is 20.4 Å². The maximum absolute atomic E-state index is 11.8. The Bertz CT molecular complexity index is 463. The molecule has 110 valence electrons. The average Bonchev–Trinajstić information content (AvgIpc) is 3.20. The number of hydrogen-bond acceptors (Lipinski definition) is 5. The lowest BCUT2D eigenvalue weighted by Gasteiger charge is -2.33. The van der Waals surface area contributed by atoms with E-state index in [2.05, 4.69) is 15.5 Å². The van der Waals surface area contributed by atoms with E-state index in [0.29, 0.717) is 24.9 Å². The van der Waals surface area contributed by atoms with Crippen molar-refractivity contribution in [3.05, 3.63) is 11.7 Å². The van der Waals surface area contributed by atoms with Gasteiger partial charge in [-0.1, -0.05) is 5.16 Å². The molecule has 1 aliphatic heterocycles. The van der Waals surface area contributed by atoms with Crippen LogP contribution in [0.25, 0.3) is 0 Å². The Morgan fingerprint density at radius 3 is 2.75 bits per heavy atom. The largest absolute Gasteiger partial charge is 0.339 e. The zero-order valence-electron chi connectivity index (χ0n) is 12.0. The Balaban J connectivity index is 1.56. The Morgan fingerprint density at radius 1 is 1.35 bits per heavy atom. The molecule has 3 rings (SSSR count). The number of rotatable bonds is 5. The first-order valence-electron chi connectivity index (χ1n) is 7.54. The molecule has 0 bridgehead atoms. The second-order valence-electron chi connectivity index (χ2n) is 5.77. The minimum Gasteiger partial charge on any atom is -0.339 e. The summed E-state index contributed by atoms with van der Waals surface area (Å²) in [5.74, 6) is 2.13. The summed E-state index contributed by atoms with van der Waals surface area (Å²) >= 11 is 0. The molecule has 1 aromatic heterocycles. The molecule has 2 heterocycles. The molecule has 0 aromatic carbocycles. The van der Waals surface area contributed by atoms with Crippen molar-refractivity contribution in [1.29, 1.82) is 0 Å². The monoisotopic (exact) mass is 278 g/mol. The van der Waals surface area contributed by atoms with Gasteiger partial charge in [-0.15, -0.1) is 0 Å². The van der Waals surface area contributed by atoms with Gasteiger partial charge >= 0.3 is 0 Å². The smallest absolute Gasteiger partial charge is 0.229 e. The third-order valence-electron chi connectivity index (χ3n) is 4.14. The van der Waals surface area contributed by atoms with Crippen LogP contribution in [-0.4, -0.2) is 46.6 Å². The summed E-state index contributed by atoms with van der Waals surface area (Å²) in [6, 6.07) is 0.351. The van der Waals surface area contributed by atoms with Gasteiger partial charge in [0.1, 0.15) is 0 Å². The fraction of sp³-hybridized carbons (Fsp3) is 0.786. The van der Waals surface area contributed by atoms with Crippen LogP contribution in [0.2, 0.25) is 0 Å². The molecule has 1 amide bonds. The van der Waals surface area contributed by atoms with Crippen LogP contribution in [-0.2, 0) is 11.2 Å². The minimum atomic E-state index is 0.141. The van der Waals surface area contributed by atoms with Crippen molar-refractivity contribution >= 4 is 5.91 Å². The molecule has 6 heteroatoms. The zero-order valence-corrected chi connectivity index (χ0v) is 12.0. The normalized spacial score (nSPS) is 20.1. The highest BCUT2D eigenvalue weighted by molar-refractivity contribution is 5.73. The van der Waals surface area contributed by atoms with Gasteiger partial charge < -0.3 is 14.7 Å². The molecule has 0 radical (unpaired) electrons. The summed E-state index contributed by atoms with van der Waals surface area (Å²) in [5.41, 5.74) is 0. The first-order valence-corrected chi connectivity index (χ1v) is 7.54. The highest BCUT2D eigenvalue weighted by Gasteiger charge is 2.30. The van der Waals surface area contributed by atoms with Crippen LogP contribution in [0.5, 0.6) is 0 Å². The molecular formula is C14H22N4O2. The molecule has 2 fully saturated rings. The van der Waals surface area contributed by atoms with Crippen molar-refractivity contribution in [2.75, 3.05) is 19.6 Å². The van der Waals surface area contributed by atoms with Gasteiger partial charge in [0.15, 0.2) is 5.82 Å². The Hall–Kier alpha value is -1.43. The number of nitrogens with one attached hydrogen (secondary N) is 1. The number of piperidine rings is 1.